The molecular weight excluding hydrogens is 206 g/mol. The molecule has 0 aromatic heterocycles. The summed E-state index contributed by atoms with van der Waals surface area (Å²) >= 11 is 0. The molecule has 0 aromatic rings. The third kappa shape index (κ3) is 7.26. The van der Waals surface area contributed by atoms with Crippen LogP contribution in [0, 0.1) is 5.41 Å². The molecule has 0 aliphatic heterocycles. The number of carbonyl (C=O) groups excluding carboxylic acids is 2. The second-order valence-electron chi connectivity index (χ2n) is 5.84. The Labute approximate surface area is 97.7 Å². The van der Waals surface area contributed by atoms with E-state index in [-0.39, 0.29) is 18.3 Å². The molecule has 0 aliphatic carbocycles. The van der Waals surface area contributed by atoms with Crippen LogP contribution in [0.15, 0.2) is 0 Å². The highest BCUT2D eigenvalue weighted by atomic mass is 16.6. The van der Waals surface area contributed by atoms with Gasteiger partial charge in [-0.15, -0.1) is 0 Å². The smallest absolute Gasteiger partial charge is 0.308 e. The van der Waals surface area contributed by atoms with E-state index in [2.05, 4.69) is 5.32 Å². The molecule has 0 radical (unpaired) electrons. The Balaban J connectivity index is 3.84. The maximum Gasteiger partial charge on any atom is 0.308 e. The highest BCUT2D eigenvalue weighted by molar-refractivity contribution is 5.81. The summed E-state index contributed by atoms with van der Waals surface area (Å²) in [5.41, 5.74) is -0.890. The number of ether oxygens (including phenoxy) is 1. The number of hydrogen-bond acceptors (Lipinski definition) is 3. The highest BCUT2D eigenvalue weighted by Crippen LogP contribution is 2.12. The Kier molecular flexibility index (Phi) is 4.97. The van der Waals surface area contributed by atoms with Crippen molar-refractivity contribution in [2.45, 2.75) is 53.6 Å². The fourth-order valence-electron chi connectivity index (χ4n) is 0.936. The first kappa shape index (κ1) is 14.9. The first-order valence-electron chi connectivity index (χ1n) is 5.52. The maximum atomic E-state index is 11.5. The van der Waals surface area contributed by atoms with E-state index < -0.39 is 11.0 Å². The van der Waals surface area contributed by atoms with Crippen LogP contribution in [0.4, 0.5) is 0 Å². The molecule has 1 N–H and O–H groups in total. The summed E-state index contributed by atoms with van der Waals surface area (Å²) in [5.74, 6) is -0.349. The van der Waals surface area contributed by atoms with Crippen LogP contribution in [0.3, 0.4) is 0 Å². The van der Waals surface area contributed by atoms with E-state index in [9.17, 15) is 9.59 Å². The zero-order chi connectivity index (χ0) is 13.0. The van der Waals surface area contributed by atoms with E-state index in [0.29, 0.717) is 6.54 Å². The summed E-state index contributed by atoms with van der Waals surface area (Å²) in [5, 5.41) is 2.70. The summed E-state index contributed by atoms with van der Waals surface area (Å²) < 4.78 is 5.11. The number of nitrogens with one attached hydrogen (secondary N) is 1. The van der Waals surface area contributed by atoms with Gasteiger partial charge in [0.05, 0.1) is 6.42 Å². The summed E-state index contributed by atoms with van der Waals surface area (Å²) in [6.45, 7) is 11.3. The van der Waals surface area contributed by atoms with Gasteiger partial charge in [0, 0.05) is 12.0 Å². The lowest BCUT2D eigenvalue weighted by Gasteiger charge is -2.20. The highest BCUT2D eigenvalue weighted by Gasteiger charge is 2.21. The summed E-state index contributed by atoms with van der Waals surface area (Å²) in [6, 6.07) is 0. The molecule has 94 valence electrons. The van der Waals surface area contributed by atoms with Crippen LogP contribution in [0.1, 0.15) is 48.0 Å². The Hall–Kier alpha value is -1.06. The van der Waals surface area contributed by atoms with Crippen LogP contribution in [0.5, 0.6) is 0 Å². The van der Waals surface area contributed by atoms with E-state index in [0.717, 1.165) is 0 Å². The molecule has 0 heterocycles. The van der Waals surface area contributed by atoms with Gasteiger partial charge < -0.3 is 10.1 Å². The zero-order valence-electron chi connectivity index (χ0n) is 11.1. The van der Waals surface area contributed by atoms with Gasteiger partial charge in [-0.25, -0.2) is 0 Å². The Morgan fingerprint density at radius 1 is 1.06 bits per heavy atom. The van der Waals surface area contributed by atoms with Gasteiger partial charge in [-0.3, -0.25) is 9.59 Å². The fraction of sp³-hybridized carbons (Fsp3) is 0.833. The molecule has 0 saturated heterocycles. The summed E-state index contributed by atoms with van der Waals surface area (Å²) in [6.07, 6.45) is 0.207. The molecule has 16 heavy (non-hydrogen) atoms. The number of carbonyl (C=O) groups is 2. The summed E-state index contributed by atoms with van der Waals surface area (Å²) in [7, 11) is 0. The largest absolute Gasteiger partial charge is 0.460 e. The molecule has 0 unspecified atom stereocenters. The van der Waals surface area contributed by atoms with E-state index in [1.165, 1.54) is 0 Å². The van der Waals surface area contributed by atoms with E-state index >= 15 is 0 Å². The van der Waals surface area contributed by atoms with E-state index in [4.69, 9.17) is 4.74 Å². The average molecular weight is 229 g/mol. The van der Waals surface area contributed by atoms with Gasteiger partial charge in [0.1, 0.15) is 5.60 Å². The molecule has 0 fully saturated rings. The zero-order valence-corrected chi connectivity index (χ0v) is 11.1. The number of hydrogen-bond donors (Lipinski definition) is 1. The molecule has 0 saturated carbocycles. The van der Waals surface area contributed by atoms with Gasteiger partial charge in [0.15, 0.2) is 0 Å². The molecule has 0 spiro atoms. The predicted molar refractivity (Wildman–Crippen MR) is 62.9 cm³/mol. The Bertz CT molecular complexity index is 258. The lowest BCUT2D eigenvalue weighted by Crippen LogP contribution is -2.36. The molecule has 0 atom stereocenters. The topological polar surface area (TPSA) is 55.4 Å². The molecule has 0 rings (SSSR count). The fourth-order valence-corrected chi connectivity index (χ4v) is 0.936. The minimum atomic E-state index is -0.467. The van der Waals surface area contributed by atoms with Gasteiger partial charge in [-0.05, 0) is 20.8 Å². The number of amides is 1. The van der Waals surface area contributed by atoms with Crippen LogP contribution in [0.2, 0.25) is 0 Å². The second kappa shape index (κ2) is 5.32. The van der Waals surface area contributed by atoms with Gasteiger partial charge in [0.25, 0.3) is 0 Å². The normalized spacial score (nSPS) is 12.1. The predicted octanol–water partition coefficient (Wildman–Crippen LogP) is 1.88. The van der Waals surface area contributed by atoms with Crippen molar-refractivity contribution in [3.63, 3.8) is 0 Å². The van der Waals surface area contributed by atoms with Crippen molar-refractivity contribution in [3.8, 4) is 0 Å². The van der Waals surface area contributed by atoms with Crippen molar-refractivity contribution in [2.75, 3.05) is 6.54 Å². The molecule has 1 amide bonds. The molecule has 0 aromatic carbocycles. The van der Waals surface area contributed by atoms with Gasteiger partial charge in [-0.1, -0.05) is 20.8 Å². The average Bonchev–Trinajstić information content (AvgIpc) is 1.98. The van der Waals surface area contributed by atoms with Crippen molar-refractivity contribution in [1.82, 2.24) is 5.32 Å². The van der Waals surface area contributed by atoms with Crippen LogP contribution < -0.4 is 5.32 Å². The lowest BCUT2D eigenvalue weighted by molar-refractivity contribution is -0.154. The standard InChI is InChI=1S/C12H23NO3/c1-11(2,3)10(15)13-8-7-9(14)16-12(4,5)6/h7-8H2,1-6H3,(H,13,15). The molecule has 4 heteroatoms. The minimum Gasteiger partial charge on any atom is -0.460 e. The number of rotatable bonds is 3. The van der Waals surface area contributed by atoms with Crippen molar-refractivity contribution in [3.05, 3.63) is 0 Å². The first-order valence-corrected chi connectivity index (χ1v) is 5.52. The van der Waals surface area contributed by atoms with Crippen LogP contribution in [-0.2, 0) is 14.3 Å². The Morgan fingerprint density at radius 2 is 1.56 bits per heavy atom. The van der Waals surface area contributed by atoms with Gasteiger partial charge in [0.2, 0.25) is 5.91 Å². The van der Waals surface area contributed by atoms with Crippen molar-refractivity contribution >= 4 is 11.9 Å². The monoisotopic (exact) mass is 229 g/mol. The SMILES string of the molecule is CC(C)(C)OC(=O)CCNC(=O)C(C)(C)C. The lowest BCUT2D eigenvalue weighted by atomic mass is 9.96. The molecular formula is C12H23NO3. The molecule has 4 nitrogen and oxygen atoms in total. The van der Waals surface area contributed by atoms with E-state index in [1.807, 2.05) is 41.5 Å². The minimum absolute atomic E-state index is 0.0592. The molecule has 0 bridgehead atoms. The first-order chi connectivity index (χ1) is 7.02. The van der Waals surface area contributed by atoms with E-state index in [1.54, 1.807) is 0 Å². The van der Waals surface area contributed by atoms with Crippen LogP contribution >= 0.6 is 0 Å². The third-order valence-electron chi connectivity index (χ3n) is 1.72. The van der Waals surface area contributed by atoms with Gasteiger partial charge >= 0.3 is 5.97 Å². The summed E-state index contributed by atoms with van der Waals surface area (Å²) in [4.78, 5) is 22.8. The van der Waals surface area contributed by atoms with Crippen LogP contribution in [0.25, 0.3) is 0 Å². The second-order valence-corrected chi connectivity index (χ2v) is 5.84. The molecule has 0 aliphatic rings. The quantitative estimate of drug-likeness (QED) is 0.752. The maximum absolute atomic E-state index is 11.5. The van der Waals surface area contributed by atoms with Crippen molar-refractivity contribution < 1.29 is 14.3 Å². The van der Waals surface area contributed by atoms with Crippen molar-refractivity contribution in [2.24, 2.45) is 5.41 Å². The van der Waals surface area contributed by atoms with Crippen LogP contribution in [-0.4, -0.2) is 24.0 Å². The Morgan fingerprint density at radius 3 is 1.94 bits per heavy atom. The van der Waals surface area contributed by atoms with Crippen molar-refractivity contribution in [1.29, 1.82) is 0 Å². The third-order valence-corrected chi connectivity index (χ3v) is 1.72. The number of esters is 1. The van der Waals surface area contributed by atoms with Gasteiger partial charge in [-0.2, -0.15) is 0 Å².